The molecule has 0 aliphatic heterocycles. The molecule has 0 aliphatic carbocycles. The van der Waals surface area contributed by atoms with Crippen molar-refractivity contribution in [3.8, 4) is 0 Å². The molecule has 4 heteroatoms. The summed E-state index contributed by atoms with van der Waals surface area (Å²) in [6.07, 6.45) is -0.572. The maximum atomic E-state index is 9.14. The second-order valence-electron chi connectivity index (χ2n) is 3.00. The number of aliphatic hydroxyl groups is 1. The number of hydrogen-bond donors (Lipinski definition) is 2. The van der Waals surface area contributed by atoms with E-state index in [1.54, 1.807) is 0 Å². The van der Waals surface area contributed by atoms with Gasteiger partial charge in [-0.25, -0.2) is 0 Å². The van der Waals surface area contributed by atoms with Crippen LogP contribution in [0.2, 0.25) is 0 Å². The lowest BCUT2D eigenvalue weighted by Crippen LogP contribution is -2.25. The van der Waals surface area contributed by atoms with Crippen LogP contribution in [0.1, 0.15) is 5.56 Å². The molecular weight excluding hydrogens is 246 g/mol. The van der Waals surface area contributed by atoms with Crippen LogP contribution in [-0.4, -0.2) is 24.4 Å². The van der Waals surface area contributed by atoms with Gasteiger partial charge in [0.05, 0.1) is 19.3 Å². The molecule has 3 N–H and O–H groups in total. The van der Waals surface area contributed by atoms with Crippen molar-refractivity contribution in [2.45, 2.75) is 12.7 Å². The van der Waals surface area contributed by atoms with Crippen molar-refractivity contribution >= 4 is 15.9 Å². The Balaban J connectivity index is 2.35. The second-order valence-corrected chi connectivity index (χ2v) is 3.85. The van der Waals surface area contributed by atoms with Gasteiger partial charge in [0.2, 0.25) is 0 Å². The van der Waals surface area contributed by atoms with Crippen molar-refractivity contribution in [2.24, 2.45) is 5.73 Å². The highest BCUT2D eigenvalue weighted by Gasteiger charge is 2.02. The van der Waals surface area contributed by atoms with E-state index in [0.29, 0.717) is 6.61 Å². The summed E-state index contributed by atoms with van der Waals surface area (Å²) >= 11 is 3.41. The van der Waals surface area contributed by atoms with Crippen molar-refractivity contribution in [1.29, 1.82) is 0 Å². The lowest BCUT2D eigenvalue weighted by atomic mass is 10.2. The van der Waals surface area contributed by atoms with Gasteiger partial charge >= 0.3 is 0 Å². The van der Waals surface area contributed by atoms with Gasteiger partial charge in [-0.15, -0.1) is 0 Å². The number of hydrogen-bond acceptors (Lipinski definition) is 3. The Bertz CT molecular complexity index is 281. The Morgan fingerprint density at radius 3 is 2.79 bits per heavy atom. The lowest BCUT2D eigenvalue weighted by molar-refractivity contribution is 0.0327. The number of benzene rings is 1. The molecule has 1 atom stereocenters. The van der Waals surface area contributed by atoms with Crippen molar-refractivity contribution in [3.05, 3.63) is 34.3 Å². The molecule has 0 amide bonds. The summed E-state index contributed by atoms with van der Waals surface area (Å²) in [5, 5.41) is 9.14. The van der Waals surface area contributed by atoms with Gasteiger partial charge in [-0.3, -0.25) is 0 Å². The molecule has 0 unspecified atom stereocenters. The first-order chi connectivity index (χ1) is 6.74. The fraction of sp³-hybridized carbons (Fsp3) is 0.400. The summed E-state index contributed by atoms with van der Waals surface area (Å²) in [5.74, 6) is 0. The van der Waals surface area contributed by atoms with E-state index < -0.39 is 6.10 Å². The van der Waals surface area contributed by atoms with E-state index in [4.69, 9.17) is 15.6 Å². The summed E-state index contributed by atoms with van der Waals surface area (Å²) < 4.78 is 6.31. The molecule has 0 aliphatic rings. The fourth-order valence-electron chi connectivity index (χ4n) is 0.988. The predicted molar refractivity (Wildman–Crippen MR) is 58.9 cm³/mol. The summed E-state index contributed by atoms with van der Waals surface area (Å²) in [6, 6.07) is 7.82. The van der Waals surface area contributed by atoms with Gasteiger partial charge in [0.1, 0.15) is 0 Å². The Hall–Kier alpha value is -0.420. The van der Waals surface area contributed by atoms with Gasteiger partial charge in [-0.05, 0) is 11.6 Å². The van der Waals surface area contributed by atoms with Gasteiger partial charge in [0.15, 0.2) is 0 Å². The smallest absolute Gasteiger partial charge is 0.0895 e. The third-order valence-electron chi connectivity index (χ3n) is 1.80. The molecule has 0 aromatic heterocycles. The van der Waals surface area contributed by atoms with Crippen LogP contribution in [0.15, 0.2) is 28.7 Å². The molecule has 1 rings (SSSR count). The summed E-state index contributed by atoms with van der Waals surface area (Å²) in [6.45, 7) is 0.992. The molecule has 1 aromatic carbocycles. The van der Waals surface area contributed by atoms with Crippen molar-refractivity contribution in [3.63, 3.8) is 0 Å². The molecule has 3 nitrogen and oxygen atoms in total. The lowest BCUT2D eigenvalue weighted by Gasteiger charge is -2.09. The first-order valence-electron chi connectivity index (χ1n) is 4.43. The highest BCUT2D eigenvalue weighted by atomic mass is 79.9. The maximum absolute atomic E-state index is 9.14. The Kier molecular flexibility index (Phi) is 5.11. The predicted octanol–water partition coefficient (Wildman–Crippen LogP) is 1.29. The van der Waals surface area contributed by atoms with Crippen LogP contribution < -0.4 is 5.73 Å². The van der Waals surface area contributed by atoms with Crippen LogP contribution in [0.25, 0.3) is 0 Å². The molecule has 14 heavy (non-hydrogen) atoms. The van der Waals surface area contributed by atoms with E-state index in [-0.39, 0.29) is 13.2 Å². The SMILES string of the molecule is NC[C@@H](O)COCc1ccccc1Br. The molecule has 78 valence electrons. The molecular formula is C10H14BrNO2. The fourth-order valence-corrected chi connectivity index (χ4v) is 1.39. The van der Waals surface area contributed by atoms with Crippen molar-refractivity contribution in [2.75, 3.05) is 13.2 Å². The number of aliphatic hydroxyl groups excluding tert-OH is 1. The minimum absolute atomic E-state index is 0.232. The number of halogens is 1. The standard InChI is InChI=1S/C10H14BrNO2/c11-10-4-2-1-3-8(10)6-14-7-9(13)5-12/h1-4,9,13H,5-7,12H2/t9-/m1/s1. The zero-order chi connectivity index (χ0) is 10.4. The van der Waals surface area contributed by atoms with Crippen molar-refractivity contribution < 1.29 is 9.84 Å². The third kappa shape index (κ3) is 3.75. The van der Waals surface area contributed by atoms with Gasteiger partial charge in [0.25, 0.3) is 0 Å². The molecule has 0 fully saturated rings. The van der Waals surface area contributed by atoms with Gasteiger partial charge in [0, 0.05) is 11.0 Å². The van der Waals surface area contributed by atoms with Crippen LogP contribution in [0.5, 0.6) is 0 Å². The van der Waals surface area contributed by atoms with Crippen LogP contribution >= 0.6 is 15.9 Å². The number of rotatable bonds is 5. The van der Waals surface area contributed by atoms with E-state index in [2.05, 4.69) is 15.9 Å². The summed E-state index contributed by atoms with van der Waals surface area (Å²) in [7, 11) is 0. The molecule has 0 heterocycles. The third-order valence-corrected chi connectivity index (χ3v) is 2.57. The topological polar surface area (TPSA) is 55.5 Å². The first kappa shape index (κ1) is 11.7. The average Bonchev–Trinajstić information content (AvgIpc) is 2.20. The van der Waals surface area contributed by atoms with E-state index in [1.165, 1.54) is 0 Å². The Labute approximate surface area is 92.0 Å². The highest BCUT2D eigenvalue weighted by molar-refractivity contribution is 9.10. The zero-order valence-corrected chi connectivity index (χ0v) is 9.40. The summed E-state index contributed by atoms with van der Waals surface area (Å²) in [5.41, 5.74) is 6.31. The van der Waals surface area contributed by atoms with Crippen LogP contribution in [0, 0.1) is 0 Å². The number of nitrogens with two attached hydrogens (primary N) is 1. The van der Waals surface area contributed by atoms with E-state index in [0.717, 1.165) is 10.0 Å². The average molecular weight is 260 g/mol. The van der Waals surface area contributed by atoms with Crippen LogP contribution in [-0.2, 0) is 11.3 Å². The quantitative estimate of drug-likeness (QED) is 0.838. The minimum atomic E-state index is -0.572. The molecule has 0 saturated carbocycles. The number of ether oxygens (including phenoxy) is 1. The zero-order valence-electron chi connectivity index (χ0n) is 7.82. The minimum Gasteiger partial charge on any atom is -0.389 e. The molecule has 0 spiro atoms. The molecule has 0 saturated heterocycles. The van der Waals surface area contributed by atoms with Gasteiger partial charge in [-0.1, -0.05) is 34.1 Å². The van der Waals surface area contributed by atoms with Crippen LogP contribution in [0.3, 0.4) is 0 Å². The van der Waals surface area contributed by atoms with E-state index >= 15 is 0 Å². The van der Waals surface area contributed by atoms with Crippen LogP contribution in [0.4, 0.5) is 0 Å². The molecule has 0 bridgehead atoms. The molecule has 0 radical (unpaired) electrons. The first-order valence-corrected chi connectivity index (χ1v) is 5.22. The molecule has 1 aromatic rings. The van der Waals surface area contributed by atoms with Gasteiger partial charge < -0.3 is 15.6 Å². The monoisotopic (exact) mass is 259 g/mol. The van der Waals surface area contributed by atoms with E-state index in [1.807, 2.05) is 24.3 Å². The highest BCUT2D eigenvalue weighted by Crippen LogP contribution is 2.16. The second kappa shape index (κ2) is 6.14. The maximum Gasteiger partial charge on any atom is 0.0895 e. The van der Waals surface area contributed by atoms with Gasteiger partial charge in [-0.2, -0.15) is 0 Å². The summed E-state index contributed by atoms with van der Waals surface area (Å²) in [4.78, 5) is 0. The normalized spacial score (nSPS) is 12.8. The van der Waals surface area contributed by atoms with E-state index in [9.17, 15) is 0 Å². The van der Waals surface area contributed by atoms with Crippen molar-refractivity contribution in [1.82, 2.24) is 0 Å². The Morgan fingerprint density at radius 1 is 1.43 bits per heavy atom. The Morgan fingerprint density at radius 2 is 2.14 bits per heavy atom. The largest absolute Gasteiger partial charge is 0.389 e.